The van der Waals surface area contributed by atoms with E-state index in [0.717, 1.165) is 36.4 Å². The monoisotopic (exact) mass is 405 g/mol. The molecular weight excluding hydrogens is 390 g/mol. The molecule has 0 aliphatic heterocycles. The minimum atomic E-state index is -4.34. The fourth-order valence-electron chi connectivity index (χ4n) is 2.49. The van der Waals surface area contributed by atoms with Crippen molar-refractivity contribution in [2.45, 2.75) is 4.90 Å². The minimum Gasteiger partial charge on any atom is -0.504 e. The Hall–Kier alpha value is -3.79. The van der Waals surface area contributed by atoms with E-state index in [4.69, 9.17) is 0 Å². The van der Waals surface area contributed by atoms with E-state index in [1.807, 2.05) is 0 Å². The number of anilines is 1. The summed E-state index contributed by atoms with van der Waals surface area (Å²) in [7, 11) is -4.34. The Morgan fingerprint density at radius 2 is 1.14 bits per heavy atom. The number of sulfonamides is 1. The Bertz CT molecular complexity index is 1170. The van der Waals surface area contributed by atoms with Crippen LogP contribution in [-0.2, 0) is 10.0 Å². The van der Waals surface area contributed by atoms with Gasteiger partial charge in [0.25, 0.3) is 10.0 Å². The van der Waals surface area contributed by atoms with Crippen LogP contribution in [0.3, 0.4) is 0 Å². The fourth-order valence-corrected chi connectivity index (χ4v) is 3.77. The lowest BCUT2D eigenvalue weighted by Gasteiger charge is -2.15. The first-order valence-electron chi connectivity index (χ1n) is 7.71. The van der Waals surface area contributed by atoms with Gasteiger partial charge in [-0.1, -0.05) is 6.07 Å². The third kappa shape index (κ3) is 3.53. The van der Waals surface area contributed by atoms with Gasteiger partial charge in [0.2, 0.25) is 0 Å². The number of aromatic hydroxyl groups is 6. The summed E-state index contributed by atoms with van der Waals surface area (Å²) < 4.78 is 27.9. The molecule has 0 bridgehead atoms. The zero-order chi connectivity index (χ0) is 20.6. The number of hydrogen-bond acceptors (Lipinski definition) is 8. The molecule has 0 radical (unpaired) electrons. The molecule has 0 heterocycles. The molecule has 3 aromatic carbocycles. The molecule has 3 aromatic rings. The summed E-state index contributed by atoms with van der Waals surface area (Å²) in [6, 6.07) is 8.62. The molecule has 0 fully saturated rings. The number of hydrogen-bond donors (Lipinski definition) is 7. The van der Waals surface area contributed by atoms with E-state index in [1.165, 1.54) is 12.1 Å². The first-order valence-corrected chi connectivity index (χ1v) is 9.20. The molecule has 0 saturated heterocycles. The highest BCUT2D eigenvalue weighted by Crippen LogP contribution is 2.40. The molecule has 0 amide bonds. The van der Waals surface area contributed by atoms with Crippen molar-refractivity contribution in [3.8, 4) is 45.6 Å². The third-order valence-electron chi connectivity index (χ3n) is 3.88. The van der Waals surface area contributed by atoms with Crippen LogP contribution < -0.4 is 4.72 Å². The van der Waals surface area contributed by atoms with Crippen molar-refractivity contribution in [3.63, 3.8) is 0 Å². The van der Waals surface area contributed by atoms with Crippen LogP contribution in [0.15, 0.2) is 53.4 Å². The van der Waals surface area contributed by atoms with E-state index >= 15 is 0 Å². The predicted molar refractivity (Wildman–Crippen MR) is 99.1 cm³/mol. The van der Waals surface area contributed by atoms with Crippen LogP contribution in [0.5, 0.6) is 34.5 Å². The van der Waals surface area contributed by atoms with Gasteiger partial charge in [0.1, 0.15) is 0 Å². The van der Waals surface area contributed by atoms with Gasteiger partial charge < -0.3 is 30.6 Å². The molecule has 0 aliphatic carbocycles. The normalized spacial score (nSPS) is 11.3. The van der Waals surface area contributed by atoms with Gasteiger partial charge in [-0.25, -0.2) is 8.42 Å². The Balaban J connectivity index is 2.15. The van der Waals surface area contributed by atoms with Gasteiger partial charge in [0, 0.05) is 17.7 Å². The standard InChI is InChI=1S/C18H15NO8S/c20-12-3-1-9(5-14(12)22)11-7-16(24)17(25)8-18(11)28(26,27)19-10-2-4-13(21)15(23)6-10/h1-8,19-25H. The number of rotatable bonds is 4. The van der Waals surface area contributed by atoms with Crippen LogP contribution in [0.2, 0.25) is 0 Å². The van der Waals surface area contributed by atoms with E-state index in [-0.39, 0.29) is 16.8 Å². The molecule has 10 heteroatoms. The van der Waals surface area contributed by atoms with Gasteiger partial charge in [-0.15, -0.1) is 0 Å². The number of benzene rings is 3. The maximum atomic E-state index is 12.8. The van der Waals surface area contributed by atoms with E-state index in [1.54, 1.807) is 0 Å². The molecule has 9 nitrogen and oxygen atoms in total. The van der Waals surface area contributed by atoms with Gasteiger partial charge in [-0.05, 0) is 35.9 Å². The summed E-state index contributed by atoms with van der Waals surface area (Å²) >= 11 is 0. The third-order valence-corrected chi connectivity index (χ3v) is 5.30. The Morgan fingerprint density at radius 1 is 0.607 bits per heavy atom. The second-order valence-corrected chi connectivity index (χ2v) is 7.50. The van der Waals surface area contributed by atoms with Gasteiger partial charge >= 0.3 is 0 Å². The quantitative estimate of drug-likeness (QED) is 0.256. The highest BCUT2D eigenvalue weighted by molar-refractivity contribution is 7.92. The van der Waals surface area contributed by atoms with Crippen LogP contribution >= 0.6 is 0 Å². The summed E-state index contributed by atoms with van der Waals surface area (Å²) in [4.78, 5) is -0.444. The Kier molecular flexibility index (Phi) is 4.57. The number of phenols is 6. The summed E-state index contributed by atoms with van der Waals surface area (Å²) in [5, 5.41) is 57.6. The summed E-state index contributed by atoms with van der Waals surface area (Å²) in [6.45, 7) is 0. The highest BCUT2D eigenvalue weighted by atomic mass is 32.2. The van der Waals surface area contributed by atoms with Gasteiger partial charge in [0.15, 0.2) is 34.5 Å². The lowest BCUT2D eigenvalue weighted by molar-refractivity contribution is 0.402. The second kappa shape index (κ2) is 6.74. The minimum absolute atomic E-state index is 0.0673. The lowest BCUT2D eigenvalue weighted by atomic mass is 10.0. The van der Waals surface area contributed by atoms with E-state index in [0.29, 0.717) is 0 Å². The van der Waals surface area contributed by atoms with Crippen molar-refractivity contribution < 1.29 is 39.1 Å². The zero-order valence-electron chi connectivity index (χ0n) is 14.0. The molecule has 0 aromatic heterocycles. The van der Waals surface area contributed by atoms with Crippen LogP contribution in [-0.4, -0.2) is 39.1 Å². The predicted octanol–water partition coefficient (Wildman–Crippen LogP) is 2.39. The first kappa shape index (κ1) is 19.0. The van der Waals surface area contributed by atoms with Crippen molar-refractivity contribution in [2.24, 2.45) is 0 Å². The Labute approximate surface area is 159 Å². The molecule has 146 valence electrons. The molecule has 0 atom stereocenters. The molecule has 7 N–H and O–H groups in total. The summed E-state index contributed by atoms with van der Waals surface area (Å²) in [5.41, 5.74) is 0.00277. The van der Waals surface area contributed by atoms with Gasteiger partial charge in [0.05, 0.1) is 10.6 Å². The first-order chi connectivity index (χ1) is 13.1. The van der Waals surface area contributed by atoms with Crippen LogP contribution in [0.1, 0.15) is 0 Å². The van der Waals surface area contributed by atoms with Crippen molar-refractivity contribution in [1.29, 1.82) is 0 Å². The van der Waals surface area contributed by atoms with Crippen LogP contribution in [0, 0.1) is 0 Å². The molecule has 28 heavy (non-hydrogen) atoms. The topological polar surface area (TPSA) is 168 Å². The van der Waals surface area contributed by atoms with Crippen molar-refractivity contribution >= 4 is 15.7 Å². The largest absolute Gasteiger partial charge is 0.504 e. The number of nitrogens with one attached hydrogen (secondary N) is 1. The van der Waals surface area contributed by atoms with Gasteiger partial charge in [-0.2, -0.15) is 0 Å². The van der Waals surface area contributed by atoms with Crippen LogP contribution in [0.4, 0.5) is 5.69 Å². The van der Waals surface area contributed by atoms with E-state index in [9.17, 15) is 39.1 Å². The average molecular weight is 405 g/mol. The molecular formula is C18H15NO8S. The highest BCUT2D eigenvalue weighted by Gasteiger charge is 2.23. The van der Waals surface area contributed by atoms with Crippen molar-refractivity contribution in [3.05, 3.63) is 48.5 Å². The zero-order valence-corrected chi connectivity index (χ0v) is 14.8. The molecule has 0 saturated carbocycles. The molecule has 0 spiro atoms. The smallest absolute Gasteiger partial charge is 0.262 e. The summed E-state index contributed by atoms with van der Waals surface area (Å²) in [6.07, 6.45) is 0. The van der Waals surface area contributed by atoms with Crippen LogP contribution in [0.25, 0.3) is 11.1 Å². The molecule has 0 unspecified atom stereocenters. The lowest BCUT2D eigenvalue weighted by Crippen LogP contribution is -2.14. The van der Waals surface area contributed by atoms with Crippen molar-refractivity contribution in [1.82, 2.24) is 0 Å². The maximum Gasteiger partial charge on any atom is 0.262 e. The fraction of sp³-hybridized carbons (Fsp3) is 0. The maximum absolute atomic E-state index is 12.8. The SMILES string of the molecule is O=S(=O)(Nc1ccc(O)c(O)c1)c1cc(O)c(O)cc1-c1ccc(O)c(O)c1. The second-order valence-electron chi connectivity index (χ2n) is 5.85. The van der Waals surface area contributed by atoms with Gasteiger partial charge in [-0.3, -0.25) is 4.72 Å². The summed E-state index contributed by atoms with van der Waals surface area (Å²) in [5.74, 6) is -3.20. The molecule has 0 aliphatic rings. The van der Waals surface area contributed by atoms with Crippen molar-refractivity contribution in [2.75, 3.05) is 4.72 Å². The average Bonchev–Trinajstić information content (AvgIpc) is 2.62. The van der Waals surface area contributed by atoms with E-state index in [2.05, 4.69) is 4.72 Å². The molecule has 3 rings (SSSR count). The number of phenolic OH excluding ortho intramolecular Hbond substituents is 6. The Morgan fingerprint density at radius 3 is 1.75 bits per heavy atom. The van der Waals surface area contributed by atoms with E-state index < -0.39 is 49.4 Å².